The number of ether oxygens (including phenoxy) is 3. The third kappa shape index (κ3) is 3.91. The molecule has 8 heteroatoms. The summed E-state index contributed by atoms with van der Waals surface area (Å²) in [5.41, 5.74) is 0.792. The molecule has 0 bridgehead atoms. The predicted molar refractivity (Wildman–Crippen MR) is 96.9 cm³/mol. The zero-order chi connectivity index (χ0) is 18.0. The van der Waals surface area contributed by atoms with E-state index in [0.717, 1.165) is 5.56 Å². The molecule has 0 aromatic heterocycles. The maximum absolute atomic E-state index is 12.6. The summed E-state index contributed by atoms with van der Waals surface area (Å²) in [7, 11) is -2.16. The van der Waals surface area contributed by atoms with Crippen molar-refractivity contribution >= 4 is 26.0 Å². The molecule has 3 rings (SSSR count). The van der Waals surface area contributed by atoms with Crippen LogP contribution in [0, 0.1) is 0 Å². The lowest BCUT2D eigenvalue weighted by Gasteiger charge is -2.21. The van der Waals surface area contributed by atoms with E-state index < -0.39 is 16.1 Å². The van der Waals surface area contributed by atoms with Crippen molar-refractivity contribution in [2.45, 2.75) is 17.9 Å². The first-order chi connectivity index (χ1) is 11.9. The van der Waals surface area contributed by atoms with E-state index in [-0.39, 0.29) is 4.90 Å². The van der Waals surface area contributed by atoms with Crippen LogP contribution in [0.5, 0.6) is 17.2 Å². The van der Waals surface area contributed by atoms with Gasteiger partial charge in [-0.1, -0.05) is 6.07 Å². The monoisotopic (exact) mass is 427 g/mol. The maximum atomic E-state index is 12.6. The van der Waals surface area contributed by atoms with E-state index in [1.165, 1.54) is 19.2 Å². The minimum absolute atomic E-state index is 0.157. The number of fused-ring (bicyclic) bond motifs is 1. The molecule has 0 saturated heterocycles. The van der Waals surface area contributed by atoms with Crippen LogP contribution in [0.15, 0.2) is 45.8 Å². The summed E-state index contributed by atoms with van der Waals surface area (Å²) in [6.07, 6.45) is 0. The molecule has 0 aliphatic carbocycles. The molecule has 1 aliphatic rings. The van der Waals surface area contributed by atoms with Gasteiger partial charge in [0.2, 0.25) is 10.0 Å². The highest BCUT2D eigenvalue weighted by Crippen LogP contribution is 2.33. The Kier molecular flexibility index (Phi) is 5.21. The number of hydrogen-bond donors (Lipinski definition) is 1. The molecule has 1 atom stereocenters. The fourth-order valence-corrected chi connectivity index (χ4v) is 4.46. The topological polar surface area (TPSA) is 73.9 Å². The molecule has 0 saturated carbocycles. The molecule has 1 aliphatic heterocycles. The Balaban J connectivity index is 1.81. The Bertz CT molecular complexity index is 885. The van der Waals surface area contributed by atoms with Gasteiger partial charge in [0.05, 0.1) is 16.5 Å². The highest BCUT2D eigenvalue weighted by atomic mass is 79.9. The van der Waals surface area contributed by atoms with Gasteiger partial charge in [-0.2, -0.15) is 0 Å². The average Bonchev–Trinajstić information content (AvgIpc) is 2.60. The number of sulfonamides is 1. The molecule has 1 N–H and O–H groups in total. The van der Waals surface area contributed by atoms with E-state index in [4.69, 9.17) is 14.2 Å². The number of benzene rings is 2. The van der Waals surface area contributed by atoms with Gasteiger partial charge < -0.3 is 14.2 Å². The molecule has 0 unspecified atom stereocenters. The minimum Gasteiger partial charge on any atom is -0.496 e. The number of rotatable bonds is 5. The molecule has 0 fully saturated rings. The second-order valence-electron chi connectivity index (χ2n) is 5.54. The first-order valence-electron chi connectivity index (χ1n) is 7.66. The van der Waals surface area contributed by atoms with Crippen molar-refractivity contribution < 1.29 is 22.6 Å². The van der Waals surface area contributed by atoms with Crippen molar-refractivity contribution in [3.63, 3.8) is 0 Å². The Labute approximate surface area is 155 Å². The van der Waals surface area contributed by atoms with Gasteiger partial charge >= 0.3 is 0 Å². The third-order valence-corrected chi connectivity index (χ3v) is 5.99. The van der Waals surface area contributed by atoms with Crippen molar-refractivity contribution in [2.75, 3.05) is 20.3 Å². The lowest BCUT2D eigenvalue weighted by atomic mass is 10.1. The second kappa shape index (κ2) is 7.23. The van der Waals surface area contributed by atoms with Crippen molar-refractivity contribution in [3.8, 4) is 17.2 Å². The predicted octanol–water partition coefficient (Wildman–Crippen LogP) is 3.27. The standard InChI is InChI=1S/C17H18BrNO5S/c1-11(12-3-5-16-17(9-12)24-8-7-23-16)19-25(20,21)13-4-6-15(22-2)14(18)10-13/h3-6,9-11,19H,7-8H2,1-2H3/t11-/m0/s1. The lowest BCUT2D eigenvalue weighted by Crippen LogP contribution is -2.27. The first kappa shape index (κ1) is 18.0. The van der Waals surface area contributed by atoms with Gasteiger partial charge in [0.25, 0.3) is 0 Å². The third-order valence-electron chi connectivity index (χ3n) is 3.83. The number of hydrogen-bond acceptors (Lipinski definition) is 5. The van der Waals surface area contributed by atoms with Crippen LogP contribution in [0.25, 0.3) is 0 Å². The quantitative estimate of drug-likeness (QED) is 0.792. The van der Waals surface area contributed by atoms with Gasteiger partial charge in [-0.3, -0.25) is 0 Å². The minimum atomic E-state index is -3.68. The molecule has 1 heterocycles. The number of nitrogens with one attached hydrogen (secondary N) is 1. The van der Waals surface area contributed by atoms with E-state index in [1.54, 1.807) is 25.1 Å². The normalized spacial score (nSPS) is 14.8. The smallest absolute Gasteiger partial charge is 0.241 e. The molecule has 25 heavy (non-hydrogen) atoms. The molecule has 6 nitrogen and oxygen atoms in total. The van der Waals surface area contributed by atoms with Crippen LogP contribution in [0.3, 0.4) is 0 Å². The van der Waals surface area contributed by atoms with E-state index >= 15 is 0 Å². The van der Waals surface area contributed by atoms with E-state index in [9.17, 15) is 8.42 Å². The van der Waals surface area contributed by atoms with E-state index in [1.807, 2.05) is 6.07 Å². The van der Waals surface area contributed by atoms with Gasteiger partial charge in [-0.05, 0) is 58.7 Å². The summed E-state index contributed by atoms with van der Waals surface area (Å²) < 4.78 is 44.7. The zero-order valence-electron chi connectivity index (χ0n) is 13.8. The van der Waals surface area contributed by atoms with Crippen LogP contribution in [0.4, 0.5) is 0 Å². The number of halogens is 1. The Morgan fingerprint density at radius 1 is 1.12 bits per heavy atom. The molecule has 2 aromatic rings. The summed E-state index contributed by atoms with van der Waals surface area (Å²) in [5.74, 6) is 1.87. The van der Waals surface area contributed by atoms with Crippen molar-refractivity contribution in [3.05, 3.63) is 46.4 Å². The molecular formula is C17H18BrNO5S. The summed E-state index contributed by atoms with van der Waals surface area (Å²) in [6, 6.07) is 9.60. The summed E-state index contributed by atoms with van der Waals surface area (Å²) in [4.78, 5) is 0.157. The fourth-order valence-electron chi connectivity index (χ4n) is 2.51. The van der Waals surface area contributed by atoms with Crippen molar-refractivity contribution in [1.82, 2.24) is 4.72 Å². The highest BCUT2D eigenvalue weighted by molar-refractivity contribution is 9.10. The van der Waals surface area contributed by atoms with Crippen LogP contribution < -0.4 is 18.9 Å². The van der Waals surface area contributed by atoms with Crippen molar-refractivity contribution in [1.29, 1.82) is 0 Å². The van der Waals surface area contributed by atoms with E-state index in [0.29, 0.717) is 34.9 Å². The van der Waals surface area contributed by atoms with Crippen LogP contribution in [0.2, 0.25) is 0 Å². The zero-order valence-corrected chi connectivity index (χ0v) is 16.2. The first-order valence-corrected chi connectivity index (χ1v) is 9.94. The van der Waals surface area contributed by atoms with Gasteiger partial charge in [0.1, 0.15) is 19.0 Å². The Hall–Kier alpha value is -1.77. The average molecular weight is 428 g/mol. The summed E-state index contributed by atoms with van der Waals surface area (Å²) >= 11 is 3.30. The fraction of sp³-hybridized carbons (Fsp3) is 0.294. The summed E-state index contributed by atoms with van der Waals surface area (Å²) in [5, 5.41) is 0. The van der Waals surface area contributed by atoms with Crippen molar-refractivity contribution in [2.24, 2.45) is 0 Å². The van der Waals surface area contributed by atoms with Gasteiger partial charge in [0.15, 0.2) is 11.5 Å². The Morgan fingerprint density at radius 3 is 2.52 bits per heavy atom. The highest BCUT2D eigenvalue weighted by Gasteiger charge is 2.21. The molecule has 0 spiro atoms. The Morgan fingerprint density at radius 2 is 1.84 bits per heavy atom. The van der Waals surface area contributed by atoms with Crippen LogP contribution in [-0.2, 0) is 10.0 Å². The lowest BCUT2D eigenvalue weighted by molar-refractivity contribution is 0.171. The number of methoxy groups -OCH3 is 1. The van der Waals surface area contributed by atoms with Crippen LogP contribution in [-0.4, -0.2) is 28.7 Å². The second-order valence-corrected chi connectivity index (χ2v) is 8.11. The van der Waals surface area contributed by atoms with Crippen LogP contribution >= 0.6 is 15.9 Å². The summed E-state index contributed by atoms with van der Waals surface area (Å²) in [6.45, 7) is 2.78. The van der Waals surface area contributed by atoms with Gasteiger partial charge in [0, 0.05) is 6.04 Å². The van der Waals surface area contributed by atoms with Gasteiger partial charge in [-0.25, -0.2) is 13.1 Å². The van der Waals surface area contributed by atoms with Crippen LogP contribution in [0.1, 0.15) is 18.5 Å². The molecule has 0 amide bonds. The molecule has 0 radical (unpaired) electrons. The van der Waals surface area contributed by atoms with E-state index in [2.05, 4.69) is 20.7 Å². The molecule has 134 valence electrons. The molecule has 2 aromatic carbocycles. The maximum Gasteiger partial charge on any atom is 0.241 e. The SMILES string of the molecule is COc1ccc(S(=O)(=O)N[C@@H](C)c2ccc3c(c2)OCCO3)cc1Br. The largest absolute Gasteiger partial charge is 0.496 e. The van der Waals surface area contributed by atoms with Gasteiger partial charge in [-0.15, -0.1) is 0 Å². The molecular weight excluding hydrogens is 410 g/mol.